The van der Waals surface area contributed by atoms with Crippen LogP contribution in [-0.2, 0) is 17.9 Å². The van der Waals surface area contributed by atoms with Gasteiger partial charge in [-0.3, -0.25) is 9.69 Å². The molecule has 6 nitrogen and oxygen atoms in total. The SMILES string of the molecule is Cc1ccc2c(c1)nc(CN(C)CC(=O)O)n2CCC#N. The number of nitriles is 1. The van der Waals surface area contributed by atoms with E-state index in [1.165, 1.54) is 0 Å². The lowest BCUT2D eigenvalue weighted by Crippen LogP contribution is -2.26. The molecule has 0 spiro atoms. The number of carboxylic acids is 1. The van der Waals surface area contributed by atoms with Gasteiger partial charge in [0, 0.05) is 6.54 Å². The van der Waals surface area contributed by atoms with Gasteiger partial charge in [-0.1, -0.05) is 6.07 Å². The van der Waals surface area contributed by atoms with Crippen molar-refractivity contribution in [3.63, 3.8) is 0 Å². The third kappa shape index (κ3) is 3.58. The highest BCUT2D eigenvalue weighted by Crippen LogP contribution is 2.19. The Morgan fingerprint density at radius 3 is 2.95 bits per heavy atom. The molecule has 0 aliphatic heterocycles. The third-order valence-electron chi connectivity index (χ3n) is 3.25. The van der Waals surface area contributed by atoms with Crippen molar-refractivity contribution < 1.29 is 9.90 Å². The quantitative estimate of drug-likeness (QED) is 0.875. The number of rotatable bonds is 6. The van der Waals surface area contributed by atoms with Crippen LogP contribution in [0.5, 0.6) is 0 Å². The van der Waals surface area contributed by atoms with Crippen molar-refractivity contribution in [2.75, 3.05) is 13.6 Å². The van der Waals surface area contributed by atoms with Gasteiger partial charge in [0.25, 0.3) is 0 Å². The summed E-state index contributed by atoms with van der Waals surface area (Å²) in [6, 6.07) is 8.14. The van der Waals surface area contributed by atoms with Crippen molar-refractivity contribution >= 4 is 17.0 Å². The summed E-state index contributed by atoms with van der Waals surface area (Å²) in [6.45, 7) is 2.96. The van der Waals surface area contributed by atoms with Gasteiger partial charge in [0.05, 0.1) is 36.6 Å². The molecule has 0 bridgehead atoms. The number of hydrogen-bond donors (Lipinski definition) is 1. The Labute approximate surface area is 123 Å². The maximum Gasteiger partial charge on any atom is 0.317 e. The normalized spacial score (nSPS) is 11.0. The van der Waals surface area contributed by atoms with Gasteiger partial charge in [0.15, 0.2) is 0 Å². The van der Waals surface area contributed by atoms with Crippen LogP contribution in [0.4, 0.5) is 0 Å². The first kappa shape index (κ1) is 15.0. The van der Waals surface area contributed by atoms with Crippen molar-refractivity contribution in [3.8, 4) is 6.07 Å². The van der Waals surface area contributed by atoms with E-state index in [2.05, 4.69) is 11.1 Å². The Morgan fingerprint density at radius 2 is 2.29 bits per heavy atom. The molecule has 6 heteroatoms. The zero-order chi connectivity index (χ0) is 15.4. The minimum atomic E-state index is -0.868. The minimum absolute atomic E-state index is 0.0412. The standard InChI is InChI=1S/C15H18N4O2/c1-11-4-5-13-12(8-11)17-14(19(13)7-3-6-16)9-18(2)10-15(20)21/h4-5,8H,3,7,9-10H2,1-2H3,(H,20,21). The zero-order valence-electron chi connectivity index (χ0n) is 12.2. The van der Waals surface area contributed by atoms with Crippen LogP contribution in [0.3, 0.4) is 0 Å². The smallest absolute Gasteiger partial charge is 0.317 e. The van der Waals surface area contributed by atoms with Crippen LogP contribution in [0.1, 0.15) is 17.8 Å². The average Bonchev–Trinajstić information content (AvgIpc) is 2.71. The van der Waals surface area contributed by atoms with Crippen LogP contribution in [0.15, 0.2) is 18.2 Å². The average molecular weight is 286 g/mol. The van der Waals surface area contributed by atoms with Gasteiger partial charge >= 0.3 is 5.97 Å². The lowest BCUT2D eigenvalue weighted by atomic mass is 10.2. The number of benzene rings is 1. The van der Waals surface area contributed by atoms with Gasteiger partial charge in [-0.2, -0.15) is 5.26 Å². The molecule has 2 aromatic rings. The van der Waals surface area contributed by atoms with Gasteiger partial charge in [-0.05, 0) is 31.7 Å². The number of carbonyl (C=O) groups is 1. The van der Waals surface area contributed by atoms with Crippen LogP contribution in [-0.4, -0.2) is 39.1 Å². The van der Waals surface area contributed by atoms with Crippen molar-refractivity contribution in [1.82, 2.24) is 14.5 Å². The number of hydrogen-bond acceptors (Lipinski definition) is 4. The summed E-state index contributed by atoms with van der Waals surface area (Å²) in [5, 5.41) is 17.6. The summed E-state index contributed by atoms with van der Waals surface area (Å²) >= 11 is 0. The topological polar surface area (TPSA) is 82.2 Å². The number of nitrogens with zero attached hydrogens (tertiary/aromatic N) is 4. The Balaban J connectivity index is 2.36. The van der Waals surface area contributed by atoms with Crippen molar-refractivity contribution in [2.24, 2.45) is 0 Å². The lowest BCUT2D eigenvalue weighted by Gasteiger charge is -2.14. The molecule has 2 rings (SSSR count). The molecule has 0 unspecified atom stereocenters. The summed E-state index contributed by atoms with van der Waals surface area (Å²) in [5.74, 6) is -0.0809. The van der Waals surface area contributed by atoms with Crippen LogP contribution in [0.2, 0.25) is 0 Å². The van der Waals surface area contributed by atoms with Crippen LogP contribution in [0, 0.1) is 18.3 Å². The first-order chi connectivity index (χ1) is 10.0. The Morgan fingerprint density at radius 1 is 1.52 bits per heavy atom. The van der Waals surface area contributed by atoms with Gasteiger partial charge < -0.3 is 9.67 Å². The molecular weight excluding hydrogens is 268 g/mol. The van der Waals surface area contributed by atoms with E-state index in [1.54, 1.807) is 11.9 Å². The fraction of sp³-hybridized carbons (Fsp3) is 0.400. The Kier molecular flexibility index (Phi) is 4.55. The van der Waals surface area contributed by atoms with Crippen LogP contribution in [0.25, 0.3) is 11.0 Å². The molecule has 1 heterocycles. The largest absolute Gasteiger partial charge is 0.480 e. The molecule has 0 aliphatic carbocycles. The monoisotopic (exact) mass is 286 g/mol. The first-order valence-corrected chi connectivity index (χ1v) is 6.74. The predicted octanol–water partition coefficient (Wildman–Crippen LogP) is 1.77. The van der Waals surface area contributed by atoms with E-state index < -0.39 is 5.97 Å². The minimum Gasteiger partial charge on any atom is -0.480 e. The van der Waals surface area contributed by atoms with E-state index in [-0.39, 0.29) is 6.54 Å². The van der Waals surface area contributed by atoms with Crippen molar-refractivity contribution in [3.05, 3.63) is 29.6 Å². The number of likely N-dealkylation sites (N-methyl/N-ethyl adjacent to an activating group) is 1. The molecule has 0 saturated carbocycles. The first-order valence-electron chi connectivity index (χ1n) is 6.74. The molecule has 0 atom stereocenters. The van der Waals surface area contributed by atoms with Crippen molar-refractivity contribution in [2.45, 2.75) is 26.4 Å². The summed E-state index contributed by atoms with van der Waals surface area (Å²) in [4.78, 5) is 17.0. The highest BCUT2D eigenvalue weighted by Gasteiger charge is 2.14. The van der Waals surface area contributed by atoms with E-state index in [1.807, 2.05) is 29.7 Å². The highest BCUT2D eigenvalue weighted by atomic mass is 16.4. The molecule has 0 radical (unpaired) electrons. The lowest BCUT2D eigenvalue weighted by molar-refractivity contribution is -0.138. The second-order valence-electron chi connectivity index (χ2n) is 5.15. The van der Waals surface area contributed by atoms with Gasteiger partial charge in [-0.15, -0.1) is 0 Å². The molecule has 0 fully saturated rings. The third-order valence-corrected chi connectivity index (χ3v) is 3.25. The van der Waals surface area contributed by atoms with Crippen LogP contribution < -0.4 is 0 Å². The molecule has 0 aliphatic rings. The van der Waals surface area contributed by atoms with E-state index >= 15 is 0 Å². The molecule has 1 aromatic carbocycles. The molecule has 1 aromatic heterocycles. The number of aromatic nitrogens is 2. The summed E-state index contributed by atoms with van der Waals surface area (Å²) < 4.78 is 2.00. The Bertz CT molecular complexity index is 699. The summed E-state index contributed by atoms with van der Waals surface area (Å²) in [6.07, 6.45) is 0.398. The van der Waals surface area contributed by atoms with Crippen LogP contribution >= 0.6 is 0 Å². The number of imidazole rings is 1. The second kappa shape index (κ2) is 6.37. The summed E-state index contributed by atoms with van der Waals surface area (Å²) in [5.41, 5.74) is 2.99. The Hall–Kier alpha value is -2.39. The molecule has 1 N–H and O–H groups in total. The number of aliphatic carboxylic acids is 1. The maximum atomic E-state index is 10.8. The molecule has 110 valence electrons. The maximum absolute atomic E-state index is 10.8. The fourth-order valence-electron chi connectivity index (χ4n) is 2.35. The summed E-state index contributed by atoms with van der Waals surface area (Å²) in [7, 11) is 1.74. The fourth-order valence-corrected chi connectivity index (χ4v) is 2.35. The van der Waals surface area contributed by atoms with E-state index in [0.717, 1.165) is 22.4 Å². The molecule has 0 amide bonds. The zero-order valence-corrected chi connectivity index (χ0v) is 12.2. The van der Waals surface area contributed by atoms with Gasteiger partial charge in [0.2, 0.25) is 0 Å². The van der Waals surface area contributed by atoms with Gasteiger partial charge in [-0.25, -0.2) is 4.98 Å². The molecular formula is C15H18N4O2. The van der Waals surface area contributed by atoms with E-state index in [9.17, 15) is 4.79 Å². The predicted molar refractivity (Wildman–Crippen MR) is 78.7 cm³/mol. The molecule has 21 heavy (non-hydrogen) atoms. The van der Waals surface area contributed by atoms with E-state index in [0.29, 0.717) is 19.5 Å². The number of fused-ring (bicyclic) bond motifs is 1. The van der Waals surface area contributed by atoms with Gasteiger partial charge in [0.1, 0.15) is 5.82 Å². The second-order valence-corrected chi connectivity index (χ2v) is 5.15. The van der Waals surface area contributed by atoms with E-state index in [4.69, 9.17) is 10.4 Å². The number of carboxylic acid groups (broad SMARTS) is 1. The highest BCUT2D eigenvalue weighted by molar-refractivity contribution is 5.77. The number of aryl methyl sites for hydroxylation is 2. The van der Waals surface area contributed by atoms with Crippen molar-refractivity contribution in [1.29, 1.82) is 5.26 Å². The molecule has 0 saturated heterocycles.